The van der Waals surface area contributed by atoms with E-state index in [1.807, 2.05) is 18.2 Å². The first-order chi connectivity index (χ1) is 10.1. The van der Waals surface area contributed by atoms with Crippen LogP contribution in [-0.2, 0) is 13.1 Å². The largest absolute Gasteiger partial charge is 0.326 e. The minimum absolute atomic E-state index is 0.273. The van der Waals surface area contributed by atoms with Gasteiger partial charge in [0, 0.05) is 23.1 Å². The number of hydrogen-bond acceptors (Lipinski definition) is 2. The predicted octanol–water partition coefficient (Wildman–Crippen LogP) is 4.08. The molecular formula is C16H15BrFN3. The lowest BCUT2D eigenvalue weighted by Crippen LogP contribution is -1.99. The molecule has 0 saturated heterocycles. The fraction of sp³-hybridized carbons (Fsp3) is 0.188. The van der Waals surface area contributed by atoms with Crippen LogP contribution in [0.15, 0.2) is 40.9 Å². The van der Waals surface area contributed by atoms with Crippen LogP contribution in [0.1, 0.15) is 12.5 Å². The van der Waals surface area contributed by atoms with Crippen molar-refractivity contribution in [3.63, 3.8) is 0 Å². The van der Waals surface area contributed by atoms with Crippen LogP contribution >= 0.6 is 15.9 Å². The second kappa shape index (κ2) is 5.58. The van der Waals surface area contributed by atoms with Gasteiger partial charge in [-0.05, 0) is 42.8 Å². The summed E-state index contributed by atoms with van der Waals surface area (Å²) in [6.45, 7) is 3.29. The average Bonchev–Trinajstić information content (AvgIpc) is 2.86. The van der Waals surface area contributed by atoms with E-state index >= 15 is 0 Å². The van der Waals surface area contributed by atoms with E-state index in [1.165, 1.54) is 12.1 Å². The van der Waals surface area contributed by atoms with Gasteiger partial charge in [-0.25, -0.2) is 9.37 Å². The van der Waals surface area contributed by atoms with Crippen molar-refractivity contribution in [3.05, 3.63) is 52.3 Å². The predicted molar refractivity (Wildman–Crippen MR) is 86.4 cm³/mol. The number of benzene rings is 2. The van der Waals surface area contributed by atoms with E-state index in [1.54, 1.807) is 6.07 Å². The molecule has 0 atom stereocenters. The molecule has 0 saturated carbocycles. The zero-order valence-electron chi connectivity index (χ0n) is 11.6. The summed E-state index contributed by atoms with van der Waals surface area (Å²) in [5.74, 6) is 0.485. The zero-order chi connectivity index (χ0) is 15.0. The number of imidazole rings is 1. The fourth-order valence-corrected chi connectivity index (χ4v) is 2.92. The normalized spacial score (nSPS) is 11.2. The van der Waals surface area contributed by atoms with Crippen molar-refractivity contribution in [2.45, 2.75) is 20.0 Å². The van der Waals surface area contributed by atoms with Crippen molar-refractivity contribution in [1.29, 1.82) is 0 Å². The topological polar surface area (TPSA) is 43.8 Å². The monoisotopic (exact) mass is 347 g/mol. The van der Waals surface area contributed by atoms with Crippen LogP contribution in [0.3, 0.4) is 0 Å². The van der Waals surface area contributed by atoms with Crippen molar-refractivity contribution in [2.24, 2.45) is 5.73 Å². The van der Waals surface area contributed by atoms with Crippen molar-refractivity contribution < 1.29 is 4.39 Å². The van der Waals surface area contributed by atoms with Crippen molar-refractivity contribution in [3.8, 4) is 11.4 Å². The summed E-state index contributed by atoms with van der Waals surface area (Å²) in [7, 11) is 0. The first kappa shape index (κ1) is 14.2. The second-order valence-corrected chi connectivity index (χ2v) is 5.69. The van der Waals surface area contributed by atoms with E-state index < -0.39 is 0 Å². The molecular weight excluding hydrogens is 333 g/mol. The third-order valence-electron chi connectivity index (χ3n) is 3.53. The first-order valence-corrected chi connectivity index (χ1v) is 7.58. The van der Waals surface area contributed by atoms with Crippen LogP contribution in [0.5, 0.6) is 0 Å². The van der Waals surface area contributed by atoms with E-state index in [2.05, 4.69) is 32.4 Å². The third-order valence-corrected chi connectivity index (χ3v) is 4.23. The lowest BCUT2D eigenvalue weighted by atomic mass is 10.2. The standard InChI is InChI=1S/C16H15BrFN3/c1-2-21-15-6-3-10(9-19)7-14(15)20-16(21)12-8-11(18)4-5-13(12)17/h3-8H,2,9,19H2,1H3. The molecule has 0 spiro atoms. The number of fused-ring (bicyclic) bond motifs is 1. The highest BCUT2D eigenvalue weighted by Gasteiger charge is 2.15. The van der Waals surface area contributed by atoms with Crippen molar-refractivity contribution in [1.82, 2.24) is 9.55 Å². The molecule has 3 nitrogen and oxygen atoms in total. The molecule has 1 heterocycles. The Balaban J connectivity index is 2.29. The van der Waals surface area contributed by atoms with E-state index in [0.29, 0.717) is 6.54 Å². The molecule has 0 aliphatic heterocycles. The molecule has 0 amide bonds. The van der Waals surface area contributed by atoms with Gasteiger partial charge in [0.25, 0.3) is 0 Å². The zero-order valence-corrected chi connectivity index (χ0v) is 13.2. The molecule has 0 aliphatic rings. The molecule has 2 aromatic carbocycles. The SMILES string of the molecule is CCn1c(-c2cc(F)ccc2Br)nc2cc(CN)ccc21. The summed E-state index contributed by atoms with van der Waals surface area (Å²) >= 11 is 3.48. The van der Waals surface area contributed by atoms with Gasteiger partial charge < -0.3 is 10.3 Å². The van der Waals surface area contributed by atoms with E-state index in [0.717, 1.165) is 39.0 Å². The van der Waals surface area contributed by atoms with Crippen LogP contribution < -0.4 is 5.73 Å². The summed E-state index contributed by atoms with van der Waals surface area (Å²) in [6, 6.07) is 10.6. The third kappa shape index (κ3) is 2.47. The molecule has 0 fully saturated rings. The highest BCUT2D eigenvalue weighted by molar-refractivity contribution is 9.10. The Morgan fingerprint density at radius 3 is 2.76 bits per heavy atom. The van der Waals surface area contributed by atoms with Gasteiger partial charge in [0.1, 0.15) is 11.6 Å². The fourth-order valence-electron chi connectivity index (χ4n) is 2.50. The van der Waals surface area contributed by atoms with Crippen LogP contribution in [0.4, 0.5) is 4.39 Å². The molecule has 108 valence electrons. The number of hydrogen-bond donors (Lipinski definition) is 1. The molecule has 3 rings (SSSR count). The quantitative estimate of drug-likeness (QED) is 0.775. The van der Waals surface area contributed by atoms with Crippen LogP contribution in [0, 0.1) is 5.82 Å². The molecule has 0 aliphatic carbocycles. The summed E-state index contributed by atoms with van der Waals surface area (Å²) < 4.78 is 16.5. The highest BCUT2D eigenvalue weighted by atomic mass is 79.9. The van der Waals surface area contributed by atoms with Crippen LogP contribution in [0.25, 0.3) is 22.4 Å². The van der Waals surface area contributed by atoms with Gasteiger partial charge in [0.15, 0.2) is 0 Å². The summed E-state index contributed by atoms with van der Waals surface area (Å²) in [5.41, 5.74) is 9.38. The van der Waals surface area contributed by atoms with Gasteiger partial charge in [-0.2, -0.15) is 0 Å². The number of aryl methyl sites for hydroxylation is 1. The number of nitrogens with two attached hydrogens (primary N) is 1. The highest BCUT2D eigenvalue weighted by Crippen LogP contribution is 2.31. The van der Waals surface area contributed by atoms with Gasteiger partial charge in [0.05, 0.1) is 11.0 Å². The Labute approximate surface area is 130 Å². The molecule has 0 unspecified atom stereocenters. The maximum Gasteiger partial charge on any atom is 0.142 e. The van der Waals surface area contributed by atoms with Gasteiger partial charge in [-0.1, -0.05) is 22.0 Å². The molecule has 0 radical (unpaired) electrons. The molecule has 3 aromatic rings. The number of aromatic nitrogens is 2. The van der Waals surface area contributed by atoms with Crippen LogP contribution in [-0.4, -0.2) is 9.55 Å². The van der Waals surface area contributed by atoms with Crippen LogP contribution in [0.2, 0.25) is 0 Å². The number of nitrogens with zero attached hydrogens (tertiary/aromatic N) is 2. The number of rotatable bonds is 3. The Bertz CT molecular complexity index is 811. The smallest absolute Gasteiger partial charge is 0.142 e. The van der Waals surface area contributed by atoms with Gasteiger partial charge in [-0.15, -0.1) is 0 Å². The Kier molecular flexibility index (Phi) is 3.78. The van der Waals surface area contributed by atoms with E-state index in [-0.39, 0.29) is 5.82 Å². The Hall–Kier alpha value is -1.72. The maximum atomic E-state index is 13.6. The lowest BCUT2D eigenvalue weighted by molar-refractivity contribution is 0.627. The number of halogens is 2. The Morgan fingerprint density at radius 1 is 1.24 bits per heavy atom. The summed E-state index contributed by atoms with van der Waals surface area (Å²) in [4.78, 5) is 4.68. The minimum atomic E-state index is -0.273. The van der Waals surface area contributed by atoms with Crippen molar-refractivity contribution in [2.75, 3.05) is 0 Å². The Morgan fingerprint density at radius 2 is 2.05 bits per heavy atom. The average molecular weight is 348 g/mol. The lowest BCUT2D eigenvalue weighted by Gasteiger charge is -2.08. The van der Waals surface area contributed by atoms with Crippen molar-refractivity contribution >= 4 is 27.0 Å². The molecule has 21 heavy (non-hydrogen) atoms. The summed E-state index contributed by atoms with van der Waals surface area (Å²) in [5, 5.41) is 0. The van der Waals surface area contributed by atoms with Gasteiger partial charge in [-0.3, -0.25) is 0 Å². The molecule has 1 aromatic heterocycles. The maximum absolute atomic E-state index is 13.6. The molecule has 5 heteroatoms. The second-order valence-electron chi connectivity index (χ2n) is 4.83. The van der Waals surface area contributed by atoms with Gasteiger partial charge >= 0.3 is 0 Å². The summed E-state index contributed by atoms with van der Waals surface area (Å²) in [6.07, 6.45) is 0. The first-order valence-electron chi connectivity index (χ1n) is 6.78. The van der Waals surface area contributed by atoms with E-state index in [4.69, 9.17) is 5.73 Å². The molecule has 2 N–H and O–H groups in total. The molecule has 0 bridgehead atoms. The van der Waals surface area contributed by atoms with E-state index in [9.17, 15) is 4.39 Å². The van der Waals surface area contributed by atoms with Gasteiger partial charge in [0.2, 0.25) is 0 Å². The minimum Gasteiger partial charge on any atom is -0.326 e.